The standard InChI is InChI=1S/C69H119N13O9S/c1-8-10-11-12-13-14-15-16-17-18-19-20-21-33-63(87)80-56(31-26-36-76-68(72)73)61(85)43-51(39-46(3)4)67(91)81-57(32-27-37-77-69(74)75)60(84)41-49(28-24-25-35-70)66(90)82-58(40-52-45-78-55-30-23-22-29-53(52)55)62(86)42-50(34-38-92-7)65(89)79-48(6)59(83)44-54(64(71)88)47(5)9-2/h22-23,29-30,45-51,54,56-58,78H,8-21,24-28,31-44,70H2,1-7H3,(H2,71,88)(H,79,89)(H,80,87)(H,81,91)(H,82,90)(H4,72,73,76)(H4,74,75,77)/t47-,48-,49+,50+,51+,54-,56-,57-,58-/m0/s1. The molecule has 0 aliphatic carbocycles. The summed E-state index contributed by atoms with van der Waals surface area (Å²) in [6, 6.07) is 3.30. The number of Topliss-reactive ketones (excluding diaryl/α,β-unsaturated/α-hetero) is 4. The summed E-state index contributed by atoms with van der Waals surface area (Å²) < 4.78 is 0. The highest BCUT2D eigenvalue weighted by Crippen LogP contribution is 2.26. The maximum atomic E-state index is 14.9. The number of hydrogen-bond acceptors (Lipinski definition) is 13. The van der Waals surface area contributed by atoms with Crippen molar-refractivity contribution >= 4 is 87.3 Å². The number of aliphatic imine (C=N–C) groups is 2. The van der Waals surface area contributed by atoms with Crippen molar-refractivity contribution < 1.29 is 43.2 Å². The third kappa shape index (κ3) is 34.0. The van der Waals surface area contributed by atoms with Crippen LogP contribution >= 0.6 is 11.8 Å². The molecule has 0 spiro atoms. The molecule has 2 rings (SSSR count). The molecule has 0 fully saturated rings. The van der Waals surface area contributed by atoms with Crippen molar-refractivity contribution in [2.75, 3.05) is 31.6 Å². The van der Waals surface area contributed by atoms with Crippen molar-refractivity contribution in [2.24, 2.45) is 79.9 Å². The zero-order chi connectivity index (χ0) is 68.4. The Labute approximate surface area is 553 Å². The van der Waals surface area contributed by atoms with Gasteiger partial charge in [-0.2, -0.15) is 11.8 Å². The van der Waals surface area contributed by atoms with Crippen LogP contribution in [0.4, 0.5) is 0 Å². The second kappa shape index (κ2) is 47.5. The van der Waals surface area contributed by atoms with E-state index in [0.717, 1.165) is 35.7 Å². The van der Waals surface area contributed by atoms with Crippen LogP contribution in [0.3, 0.4) is 0 Å². The molecular formula is C69H119N13O9S. The highest BCUT2D eigenvalue weighted by Gasteiger charge is 2.36. The Morgan fingerprint density at radius 2 is 1.04 bits per heavy atom. The van der Waals surface area contributed by atoms with E-state index >= 15 is 0 Å². The topological polar surface area (TPSA) is 398 Å². The number of aromatic nitrogens is 1. The van der Waals surface area contributed by atoms with Gasteiger partial charge in [0, 0.05) is 92.4 Å². The zero-order valence-corrected chi connectivity index (χ0v) is 57.8. The van der Waals surface area contributed by atoms with Crippen molar-refractivity contribution in [2.45, 2.75) is 252 Å². The van der Waals surface area contributed by atoms with E-state index in [1.807, 2.05) is 58.2 Å². The number of amides is 5. The third-order valence-corrected chi connectivity index (χ3v) is 18.1. The molecular weight excluding hydrogens is 1190 g/mol. The first-order chi connectivity index (χ1) is 44.0. The number of nitrogens with one attached hydrogen (secondary N) is 5. The van der Waals surface area contributed by atoms with Gasteiger partial charge in [0.15, 0.2) is 35.1 Å². The van der Waals surface area contributed by atoms with E-state index in [-0.39, 0.29) is 131 Å². The van der Waals surface area contributed by atoms with Gasteiger partial charge in [-0.05, 0) is 107 Å². The predicted octanol–water partition coefficient (Wildman–Crippen LogP) is 8.02. The predicted molar refractivity (Wildman–Crippen MR) is 372 cm³/mol. The molecule has 92 heavy (non-hydrogen) atoms. The first kappa shape index (κ1) is 81.7. The number of ketones is 4. The van der Waals surface area contributed by atoms with Gasteiger partial charge in [-0.15, -0.1) is 0 Å². The first-order valence-corrected chi connectivity index (χ1v) is 35.8. The Morgan fingerprint density at radius 1 is 0.543 bits per heavy atom. The number of para-hydroxylation sites is 1. The van der Waals surface area contributed by atoms with Gasteiger partial charge in [0.1, 0.15) is 0 Å². The number of rotatable bonds is 55. The molecule has 1 heterocycles. The molecule has 17 N–H and O–H groups in total. The van der Waals surface area contributed by atoms with Gasteiger partial charge < -0.3 is 60.7 Å². The van der Waals surface area contributed by atoms with E-state index in [4.69, 9.17) is 34.4 Å². The summed E-state index contributed by atoms with van der Waals surface area (Å²) >= 11 is 1.49. The Balaban J connectivity index is 2.46. The Hall–Kier alpha value is -6.36. The quantitative estimate of drug-likeness (QED) is 0.0170. The molecule has 2 aromatic rings. The summed E-state index contributed by atoms with van der Waals surface area (Å²) in [6.45, 7) is 12.1. The number of guanidine groups is 2. The number of H-pyrrole nitrogens is 1. The lowest BCUT2D eigenvalue weighted by molar-refractivity contribution is -0.136. The van der Waals surface area contributed by atoms with Crippen LogP contribution in [0.25, 0.3) is 10.9 Å². The number of aromatic amines is 1. The van der Waals surface area contributed by atoms with Crippen LogP contribution in [-0.4, -0.2) is 125 Å². The summed E-state index contributed by atoms with van der Waals surface area (Å²) in [6.07, 6.45) is 21.4. The van der Waals surface area contributed by atoms with E-state index < -0.39 is 83.0 Å². The molecule has 5 amide bonds. The van der Waals surface area contributed by atoms with Crippen LogP contribution in [-0.2, 0) is 49.6 Å². The number of benzene rings is 1. The molecule has 0 aliphatic heterocycles. The Morgan fingerprint density at radius 3 is 1.58 bits per heavy atom. The summed E-state index contributed by atoms with van der Waals surface area (Å²) in [5.41, 5.74) is 35.7. The maximum Gasteiger partial charge on any atom is 0.224 e. The molecule has 0 aliphatic rings. The van der Waals surface area contributed by atoms with E-state index in [2.05, 4.69) is 43.2 Å². The van der Waals surface area contributed by atoms with Crippen molar-refractivity contribution in [3.8, 4) is 0 Å². The Bertz CT molecular complexity index is 2600. The molecule has 0 saturated heterocycles. The minimum Gasteiger partial charge on any atom is -0.370 e. The second-order valence-electron chi connectivity index (χ2n) is 25.8. The van der Waals surface area contributed by atoms with Gasteiger partial charge in [-0.25, -0.2) is 0 Å². The summed E-state index contributed by atoms with van der Waals surface area (Å²) in [7, 11) is 0. The number of carbonyl (C=O) groups is 9. The summed E-state index contributed by atoms with van der Waals surface area (Å²) in [5.74, 6) is -7.57. The number of nitrogens with zero attached hydrogens (tertiary/aromatic N) is 2. The number of fused-ring (bicyclic) bond motifs is 1. The molecule has 0 bridgehead atoms. The molecule has 22 nitrogen and oxygen atoms in total. The number of unbranched alkanes of at least 4 members (excludes halogenated alkanes) is 13. The molecule has 0 saturated carbocycles. The van der Waals surface area contributed by atoms with Gasteiger partial charge in [0.05, 0.1) is 24.2 Å². The van der Waals surface area contributed by atoms with E-state index in [9.17, 15) is 43.2 Å². The van der Waals surface area contributed by atoms with Crippen LogP contribution in [0, 0.1) is 35.5 Å². The monoisotopic (exact) mass is 1310 g/mol. The highest BCUT2D eigenvalue weighted by molar-refractivity contribution is 7.98. The number of carbonyl (C=O) groups excluding carboxylic acids is 9. The number of thioether (sulfide) groups is 1. The van der Waals surface area contributed by atoms with Gasteiger partial charge in [-0.3, -0.25) is 53.1 Å². The molecule has 0 radical (unpaired) electrons. The van der Waals surface area contributed by atoms with Crippen LogP contribution in [0.1, 0.15) is 227 Å². The third-order valence-electron chi connectivity index (χ3n) is 17.5. The average Bonchev–Trinajstić information content (AvgIpc) is 1.73. The lowest BCUT2D eigenvalue weighted by Gasteiger charge is -2.27. The molecule has 1 aromatic carbocycles. The number of primary amides is 1. The van der Waals surface area contributed by atoms with Crippen LogP contribution in [0.15, 0.2) is 40.4 Å². The van der Waals surface area contributed by atoms with E-state index in [0.29, 0.717) is 44.4 Å². The minimum atomic E-state index is -1.17. The lowest BCUT2D eigenvalue weighted by atomic mass is 9.85. The van der Waals surface area contributed by atoms with Gasteiger partial charge in [-0.1, -0.05) is 143 Å². The maximum absolute atomic E-state index is 14.9. The molecule has 520 valence electrons. The fourth-order valence-electron chi connectivity index (χ4n) is 11.7. The molecule has 9 atom stereocenters. The molecule has 23 heteroatoms. The molecule has 0 unspecified atom stereocenters. The number of nitrogens with two attached hydrogens (primary N) is 6. The normalized spacial score (nSPS) is 14.4. The zero-order valence-electron chi connectivity index (χ0n) is 56.9. The average molecular weight is 1310 g/mol. The van der Waals surface area contributed by atoms with Crippen molar-refractivity contribution in [3.05, 3.63) is 36.0 Å². The van der Waals surface area contributed by atoms with Crippen LogP contribution in [0.5, 0.6) is 0 Å². The summed E-state index contributed by atoms with van der Waals surface area (Å²) in [5, 5.41) is 12.5. The SMILES string of the molecule is CCCCCCCCCCCCCCCC(=O)N[C@@H](CCCN=C(N)N)C(=O)C[C@@H](CC(C)C)C(=O)N[C@@H](CCCN=C(N)N)C(=O)C[C@@H](CCCCN)C(=O)N[C@@H](Cc1c[nH]c2ccccc12)C(=O)C[C@@H](CCSC)C(=O)N[C@@H](C)C(=O)C[C@H](C(N)=O)[C@@H](C)CC. The fraction of sp³-hybridized carbons (Fsp3) is 0.725. The van der Waals surface area contributed by atoms with Crippen LogP contribution < -0.4 is 55.7 Å². The van der Waals surface area contributed by atoms with Crippen molar-refractivity contribution in [1.29, 1.82) is 0 Å². The highest BCUT2D eigenvalue weighted by atomic mass is 32.2. The largest absolute Gasteiger partial charge is 0.370 e. The van der Waals surface area contributed by atoms with Crippen molar-refractivity contribution in [3.63, 3.8) is 0 Å². The first-order valence-electron chi connectivity index (χ1n) is 34.4. The molecule has 1 aromatic heterocycles. The minimum absolute atomic E-state index is 0.0354. The Kier molecular flexibility index (Phi) is 42.2. The van der Waals surface area contributed by atoms with E-state index in [1.165, 1.54) is 69.5 Å². The van der Waals surface area contributed by atoms with E-state index in [1.54, 1.807) is 13.1 Å². The fourth-order valence-corrected chi connectivity index (χ4v) is 12.2. The van der Waals surface area contributed by atoms with Gasteiger partial charge in [0.2, 0.25) is 29.5 Å². The van der Waals surface area contributed by atoms with Gasteiger partial charge >= 0.3 is 0 Å². The summed E-state index contributed by atoms with van der Waals surface area (Å²) in [4.78, 5) is 139. The van der Waals surface area contributed by atoms with Crippen LogP contribution in [0.2, 0.25) is 0 Å². The lowest BCUT2D eigenvalue weighted by Crippen LogP contribution is -2.49. The second-order valence-corrected chi connectivity index (χ2v) is 26.8. The smallest absolute Gasteiger partial charge is 0.224 e. The van der Waals surface area contributed by atoms with Gasteiger partial charge in [0.25, 0.3) is 0 Å². The van der Waals surface area contributed by atoms with Crippen molar-refractivity contribution in [1.82, 2.24) is 26.3 Å². The number of hydrogen-bond donors (Lipinski definition) is 11.